The third kappa shape index (κ3) is 4.22. The summed E-state index contributed by atoms with van der Waals surface area (Å²) >= 11 is 1.66. The van der Waals surface area contributed by atoms with Crippen molar-refractivity contribution in [2.75, 3.05) is 17.9 Å². The quantitative estimate of drug-likeness (QED) is 0.554. The normalized spacial score (nSPS) is 15.6. The minimum Gasteiger partial charge on any atom is -0.481 e. The molecule has 8 nitrogen and oxygen atoms in total. The first-order chi connectivity index (χ1) is 15.1. The molecule has 1 aliphatic carbocycles. The van der Waals surface area contributed by atoms with Crippen molar-refractivity contribution in [1.29, 1.82) is 0 Å². The highest BCUT2D eigenvalue weighted by Gasteiger charge is 2.22. The van der Waals surface area contributed by atoms with Gasteiger partial charge in [0.2, 0.25) is 6.79 Å². The number of aryl methyl sites for hydroxylation is 2. The first-order valence-corrected chi connectivity index (χ1v) is 12.4. The van der Waals surface area contributed by atoms with E-state index in [-0.39, 0.29) is 12.5 Å². The van der Waals surface area contributed by atoms with E-state index in [1.165, 1.54) is 16.9 Å². The number of benzene rings is 1. The van der Waals surface area contributed by atoms with Gasteiger partial charge in [-0.3, -0.25) is 9.00 Å². The first kappa shape index (κ1) is 20.2. The summed E-state index contributed by atoms with van der Waals surface area (Å²) in [6.45, 7) is 0.766. The van der Waals surface area contributed by atoms with E-state index in [0.717, 1.165) is 46.5 Å². The molecule has 0 saturated carbocycles. The van der Waals surface area contributed by atoms with Gasteiger partial charge in [-0.2, -0.15) is 0 Å². The van der Waals surface area contributed by atoms with Gasteiger partial charge < -0.3 is 19.9 Å². The average molecular weight is 460 g/mol. The highest BCUT2D eigenvalue weighted by Crippen LogP contribution is 2.39. The van der Waals surface area contributed by atoms with Crippen LogP contribution in [0.5, 0.6) is 11.5 Å². The van der Waals surface area contributed by atoms with Gasteiger partial charge in [0.1, 0.15) is 22.2 Å². The Morgan fingerprint density at radius 1 is 1.19 bits per heavy atom. The Balaban J connectivity index is 1.47. The zero-order valence-electron chi connectivity index (χ0n) is 16.7. The monoisotopic (exact) mass is 459 g/mol. The fraction of sp³-hybridized carbons (Fsp3) is 0.381. The molecule has 5 rings (SSSR count). The van der Waals surface area contributed by atoms with E-state index in [1.54, 1.807) is 11.3 Å². The second-order valence-corrected chi connectivity index (χ2v) is 10.1. The van der Waals surface area contributed by atoms with Crippen LogP contribution < -0.4 is 14.8 Å². The zero-order chi connectivity index (χ0) is 21.4. The van der Waals surface area contributed by atoms with Crippen LogP contribution in [0.15, 0.2) is 18.2 Å². The number of carboxylic acid groups (broad SMARTS) is 1. The topological polar surface area (TPSA) is 111 Å². The second kappa shape index (κ2) is 8.43. The van der Waals surface area contributed by atoms with E-state index >= 15 is 0 Å². The maximum absolute atomic E-state index is 12.2. The van der Waals surface area contributed by atoms with Gasteiger partial charge in [-0.15, -0.1) is 11.3 Å². The number of rotatable bonds is 7. The van der Waals surface area contributed by atoms with Gasteiger partial charge in [-0.05, 0) is 48.9 Å². The van der Waals surface area contributed by atoms with Crippen LogP contribution in [0.3, 0.4) is 0 Å². The Morgan fingerprint density at radius 2 is 2.03 bits per heavy atom. The van der Waals surface area contributed by atoms with Crippen molar-refractivity contribution in [2.45, 2.75) is 38.0 Å². The van der Waals surface area contributed by atoms with Crippen LogP contribution in [0.2, 0.25) is 0 Å². The van der Waals surface area contributed by atoms with Crippen molar-refractivity contribution in [2.24, 2.45) is 0 Å². The molecule has 1 atom stereocenters. The number of nitrogens with zero attached hydrogens (tertiary/aromatic N) is 2. The largest absolute Gasteiger partial charge is 0.481 e. The molecule has 0 spiro atoms. The number of thiophene rings is 1. The minimum absolute atomic E-state index is 0.0174. The van der Waals surface area contributed by atoms with Crippen molar-refractivity contribution in [3.8, 4) is 11.5 Å². The molecule has 0 saturated heterocycles. The summed E-state index contributed by atoms with van der Waals surface area (Å²) in [4.78, 5) is 22.4. The lowest BCUT2D eigenvalue weighted by Crippen LogP contribution is -2.13. The lowest BCUT2D eigenvalue weighted by atomic mass is 9.97. The number of ether oxygens (including phenoxy) is 2. The van der Waals surface area contributed by atoms with E-state index in [1.807, 2.05) is 18.2 Å². The molecular weight excluding hydrogens is 438 g/mol. The summed E-state index contributed by atoms with van der Waals surface area (Å²) in [6.07, 6.45) is 4.35. The second-order valence-electron chi connectivity index (χ2n) is 7.54. The lowest BCUT2D eigenvalue weighted by molar-refractivity contribution is -0.133. The molecule has 0 amide bonds. The van der Waals surface area contributed by atoms with Crippen molar-refractivity contribution >= 4 is 44.1 Å². The fourth-order valence-corrected chi connectivity index (χ4v) is 6.04. The summed E-state index contributed by atoms with van der Waals surface area (Å²) in [5.74, 6) is 1.09. The van der Waals surface area contributed by atoms with Gasteiger partial charge in [0, 0.05) is 22.2 Å². The summed E-state index contributed by atoms with van der Waals surface area (Å²) in [5.41, 5.74) is 2.33. The van der Waals surface area contributed by atoms with Crippen molar-refractivity contribution in [1.82, 2.24) is 9.97 Å². The predicted molar refractivity (Wildman–Crippen MR) is 118 cm³/mol. The molecule has 2 N–H and O–H groups in total. The number of nitrogens with one attached hydrogen (secondary N) is 1. The number of fused-ring (bicyclic) bond motifs is 4. The van der Waals surface area contributed by atoms with E-state index in [9.17, 15) is 9.00 Å². The minimum atomic E-state index is -1.56. The molecule has 3 aromatic rings. The average Bonchev–Trinajstić information content (AvgIpc) is 3.35. The molecule has 31 heavy (non-hydrogen) atoms. The number of carboxylic acids is 1. The molecule has 0 bridgehead atoms. The van der Waals surface area contributed by atoms with Gasteiger partial charge in [-0.1, -0.05) is 6.07 Å². The maximum atomic E-state index is 12.2. The fourth-order valence-electron chi connectivity index (χ4n) is 3.96. The van der Waals surface area contributed by atoms with Crippen molar-refractivity contribution in [3.05, 3.63) is 40.0 Å². The molecule has 0 radical (unpaired) electrons. The molecule has 3 heterocycles. The van der Waals surface area contributed by atoms with Gasteiger partial charge in [-0.25, -0.2) is 9.97 Å². The van der Waals surface area contributed by atoms with Crippen LogP contribution in [-0.4, -0.2) is 37.8 Å². The smallest absolute Gasteiger partial charge is 0.316 e. The van der Waals surface area contributed by atoms with E-state index in [2.05, 4.69) is 15.3 Å². The summed E-state index contributed by atoms with van der Waals surface area (Å²) in [6, 6.07) is 5.81. The van der Waals surface area contributed by atoms with Crippen LogP contribution >= 0.6 is 11.3 Å². The first-order valence-electron chi connectivity index (χ1n) is 10.1. The maximum Gasteiger partial charge on any atom is 0.316 e. The third-order valence-electron chi connectivity index (χ3n) is 5.33. The van der Waals surface area contributed by atoms with E-state index in [4.69, 9.17) is 14.6 Å². The summed E-state index contributed by atoms with van der Waals surface area (Å²) in [5, 5.41) is 13.4. The highest BCUT2D eigenvalue weighted by atomic mass is 32.2. The SMILES string of the molecule is O=C(O)CS(=O)Cc1nc(NCc2ccc3c(c2)OCO3)c2c3c(sc2n1)CCCC3. The number of hydrogen-bond donors (Lipinski definition) is 2. The van der Waals surface area contributed by atoms with Crippen LogP contribution in [-0.2, 0) is 40.7 Å². The Hall–Kier alpha value is -2.72. The van der Waals surface area contributed by atoms with Crippen LogP contribution in [0.25, 0.3) is 10.2 Å². The van der Waals surface area contributed by atoms with E-state index < -0.39 is 22.5 Å². The Morgan fingerprint density at radius 3 is 2.90 bits per heavy atom. The number of aliphatic carboxylic acids is 1. The van der Waals surface area contributed by atoms with Gasteiger partial charge in [0.15, 0.2) is 11.5 Å². The van der Waals surface area contributed by atoms with Crippen LogP contribution in [0, 0.1) is 0 Å². The number of aromatic nitrogens is 2. The predicted octanol–water partition coefficient (Wildman–Crippen LogP) is 3.24. The molecule has 1 aromatic carbocycles. The van der Waals surface area contributed by atoms with Gasteiger partial charge >= 0.3 is 5.97 Å². The molecule has 0 fully saturated rings. The Kier molecular flexibility index (Phi) is 5.49. The zero-order valence-corrected chi connectivity index (χ0v) is 18.3. The Labute approximate surface area is 185 Å². The van der Waals surface area contributed by atoms with Crippen LogP contribution in [0.4, 0.5) is 5.82 Å². The highest BCUT2D eigenvalue weighted by molar-refractivity contribution is 7.84. The van der Waals surface area contributed by atoms with Crippen LogP contribution in [0.1, 0.15) is 34.7 Å². The van der Waals surface area contributed by atoms with E-state index in [0.29, 0.717) is 18.2 Å². The number of anilines is 1. The molecule has 162 valence electrons. The van der Waals surface area contributed by atoms with Gasteiger partial charge in [0.25, 0.3) is 0 Å². The number of hydrogen-bond acceptors (Lipinski definition) is 8. The molecule has 1 unspecified atom stereocenters. The molecule has 1 aliphatic heterocycles. The molecule has 10 heteroatoms. The lowest BCUT2D eigenvalue weighted by Gasteiger charge is -2.13. The number of carbonyl (C=O) groups is 1. The summed E-state index contributed by atoms with van der Waals surface area (Å²) < 4.78 is 23.0. The van der Waals surface area contributed by atoms with Gasteiger partial charge in [0.05, 0.1) is 11.1 Å². The molecular formula is C21H21N3O5S2. The Bertz CT molecular complexity index is 1190. The van der Waals surface area contributed by atoms with Crippen molar-refractivity contribution < 1.29 is 23.6 Å². The molecule has 2 aliphatic rings. The van der Waals surface area contributed by atoms with Crippen molar-refractivity contribution in [3.63, 3.8) is 0 Å². The third-order valence-corrected chi connectivity index (χ3v) is 7.67. The summed E-state index contributed by atoms with van der Waals surface area (Å²) in [7, 11) is -1.56. The molecule has 2 aromatic heterocycles. The standard InChI is InChI=1S/C21H21N3O5S2/c25-18(26)10-31(27)9-17-23-20(19-13-3-1-2-4-16(13)30-21(19)24-17)22-8-12-5-6-14-15(7-12)29-11-28-14/h5-7H,1-4,8-11H2,(H,25,26)(H,22,23,24).